The first-order chi connectivity index (χ1) is 13.5. The second-order valence-electron chi connectivity index (χ2n) is 6.18. The van der Waals surface area contributed by atoms with Crippen LogP contribution >= 0.6 is 0 Å². The minimum absolute atomic E-state index is 0.0122. The molecule has 0 atom stereocenters. The molecule has 2 N–H and O–H groups in total. The van der Waals surface area contributed by atoms with Crippen LogP contribution in [0.4, 0.5) is 11.8 Å². The highest BCUT2D eigenvalue weighted by Crippen LogP contribution is 2.38. The van der Waals surface area contributed by atoms with E-state index in [2.05, 4.69) is 9.97 Å². The molecule has 0 radical (unpaired) electrons. The highest BCUT2D eigenvalue weighted by Gasteiger charge is 2.18. The molecule has 0 saturated heterocycles. The molecule has 2 rings (SSSR count). The predicted molar refractivity (Wildman–Crippen MR) is 108 cm³/mol. The zero-order valence-corrected chi connectivity index (χ0v) is 17.1. The Morgan fingerprint density at radius 1 is 1.11 bits per heavy atom. The molecule has 8 heteroatoms. The average molecular weight is 388 g/mol. The van der Waals surface area contributed by atoms with Crippen molar-refractivity contribution >= 4 is 17.7 Å². The van der Waals surface area contributed by atoms with Gasteiger partial charge in [-0.2, -0.15) is 4.98 Å². The van der Waals surface area contributed by atoms with Crippen LogP contribution in [0.1, 0.15) is 37.8 Å². The molecule has 0 aliphatic heterocycles. The van der Waals surface area contributed by atoms with Gasteiger partial charge in [-0.05, 0) is 31.0 Å². The molecule has 1 aromatic heterocycles. The summed E-state index contributed by atoms with van der Waals surface area (Å²) in [6.45, 7) is 4.34. The monoisotopic (exact) mass is 388 g/mol. The normalized spacial score (nSPS) is 10.5. The summed E-state index contributed by atoms with van der Waals surface area (Å²) < 4.78 is 16.1. The van der Waals surface area contributed by atoms with E-state index in [1.165, 1.54) is 0 Å². The van der Waals surface area contributed by atoms with Crippen molar-refractivity contribution in [2.75, 3.05) is 38.5 Å². The van der Waals surface area contributed by atoms with E-state index in [4.69, 9.17) is 19.9 Å². The van der Waals surface area contributed by atoms with Crippen LogP contribution < -0.4 is 24.8 Å². The number of aromatic nitrogens is 2. The van der Waals surface area contributed by atoms with Crippen LogP contribution in [0.15, 0.2) is 18.3 Å². The summed E-state index contributed by atoms with van der Waals surface area (Å²) in [7, 11) is 4.70. The number of anilines is 2. The maximum Gasteiger partial charge on any atom is 0.234 e. The number of hydrogen-bond donors (Lipinski definition) is 1. The highest BCUT2D eigenvalue weighted by molar-refractivity contribution is 5.91. The van der Waals surface area contributed by atoms with Crippen molar-refractivity contribution in [1.82, 2.24) is 9.97 Å². The molecule has 28 heavy (non-hydrogen) atoms. The second-order valence-corrected chi connectivity index (χ2v) is 6.18. The lowest BCUT2D eigenvalue weighted by atomic mass is 10.1. The van der Waals surface area contributed by atoms with Gasteiger partial charge in [-0.1, -0.05) is 6.92 Å². The Bertz CT molecular complexity index is 801. The topological polar surface area (TPSA) is 99.8 Å². The Kier molecular flexibility index (Phi) is 7.43. The fraction of sp³-hybridized carbons (Fsp3) is 0.450. The van der Waals surface area contributed by atoms with Gasteiger partial charge < -0.3 is 19.9 Å². The molecule has 1 heterocycles. The maximum atomic E-state index is 12.2. The van der Waals surface area contributed by atoms with Crippen LogP contribution in [0.3, 0.4) is 0 Å². The molecule has 1 amide bonds. The Labute approximate surface area is 165 Å². The van der Waals surface area contributed by atoms with E-state index >= 15 is 0 Å². The molecule has 0 spiro atoms. The minimum atomic E-state index is -0.0122. The van der Waals surface area contributed by atoms with Crippen molar-refractivity contribution < 1.29 is 19.0 Å². The molecule has 152 valence electrons. The van der Waals surface area contributed by atoms with Crippen molar-refractivity contribution in [1.29, 1.82) is 0 Å². The van der Waals surface area contributed by atoms with Crippen LogP contribution in [0, 0.1) is 0 Å². The number of benzene rings is 1. The van der Waals surface area contributed by atoms with Gasteiger partial charge in [0.05, 0.1) is 21.3 Å². The fourth-order valence-electron chi connectivity index (χ4n) is 2.91. The third-order valence-corrected chi connectivity index (χ3v) is 4.33. The largest absolute Gasteiger partial charge is 0.493 e. The van der Waals surface area contributed by atoms with Crippen LogP contribution in [-0.4, -0.2) is 43.7 Å². The number of amides is 1. The van der Waals surface area contributed by atoms with Gasteiger partial charge in [-0.25, -0.2) is 4.98 Å². The van der Waals surface area contributed by atoms with Gasteiger partial charge in [0.1, 0.15) is 5.82 Å². The number of carbonyl (C=O) groups is 1. The first-order valence-corrected chi connectivity index (χ1v) is 9.19. The van der Waals surface area contributed by atoms with Gasteiger partial charge in [0.25, 0.3) is 0 Å². The highest BCUT2D eigenvalue weighted by atomic mass is 16.5. The predicted octanol–water partition coefficient (Wildman–Crippen LogP) is 2.83. The van der Waals surface area contributed by atoms with E-state index in [0.717, 1.165) is 17.5 Å². The number of nitrogen functional groups attached to an aromatic ring is 1. The van der Waals surface area contributed by atoms with E-state index in [1.807, 2.05) is 26.0 Å². The van der Waals surface area contributed by atoms with E-state index < -0.39 is 0 Å². The Morgan fingerprint density at radius 2 is 1.75 bits per heavy atom. The Hall–Kier alpha value is -3.03. The van der Waals surface area contributed by atoms with Gasteiger partial charge in [-0.3, -0.25) is 9.69 Å². The summed E-state index contributed by atoms with van der Waals surface area (Å²) in [5, 5.41) is 0. The molecule has 0 unspecified atom stereocenters. The Morgan fingerprint density at radius 3 is 2.21 bits per heavy atom. The van der Waals surface area contributed by atoms with E-state index in [0.29, 0.717) is 48.4 Å². The number of ether oxygens (including phenoxy) is 3. The quantitative estimate of drug-likeness (QED) is 0.705. The molecule has 2 aromatic rings. The minimum Gasteiger partial charge on any atom is -0.493 e. The molecule has 0 fully saturated rings. The standard InChI is InChI=1S/C20H28N4O4/c1-6-8-17(25)24(7-2)20-22-12-14(19(21)23-20)9-13-10-15(26-3)18(28-5)16(11-13)27-4/h10-12H,6-9H2,1-5H3,(H2,21,22,23). The molecule has 8 nitrogen and oxygen atoms in total. The lowest BCUT2D eigenvalue weighted by molar-refractivity contribution is -0.118. The first-order valence-electron chi connectivity index (χ1n) is 9.19. The second kappa shape index (κ2) is 9.77. The van der Waals surface area contributed by atoms with Gasteiger partial charge in [-0.15, -0.1) is 0 Å². The van der Waals surface area contributed by atoms with Gasteiger partial charge in [0, 0.05) is 31.1 Å². The van der Waals surface area contributed by atoms with Crippen LogP contribution in [0.5, 0.6) is 17.2 Å². The lowest BCUT2D eigenvalue weighted by Crippen LogP contribution is -2.32. The third kappa shape index (κ3) is 4.62. The van der Waals surface area contributed by atoms with Crippen molar-refractivity contribution in [3.63, 3.8) is 0 Å². The van der Waals surface area contributed by atoms with Gasteiger partial charge in [0.15, 0.2) is 11.5 Å². The van der Waals surface area contributed by atoms with Crippen LogP contribution in [0.25, 0.3) is 0 Å². The number of carbonyl (C=O) groups excluding carboxylic acids is 1. The summed E-state index contributed by atoms with van der Waals surface area (Å²) in [6, 6.07) is 3.72. The smallest absolute Gasteiger partial charge is 0.234 e. The Balaban J connectivity index is 2.32. The van der Waals surface area contributed by atoms with Crippen LogP contribution in [0.2, 0.25) is 0 Å². The number of methoxy groups -OCH3 is 3. The van der Waals surface area contributed by atoms with E-state index in [1.54, 1.807) is 32.4 Å². The molecule has 0 aliphatic rings. The van der Waals surface area contributed by atoms with Gasteiger partial charge >= 0.3 is 0 Å². The SMILES string of the molecule is CCCC(=O)N(CC)c1ncc(Cc2cc(OC)c(OC)c(OC)c2)c(N)n1. The van der Waals surface area contributed by atoms with Crippen molar-refractivity contribution in [2.24, 2.45) is 0 Å². The van der Waals surface area contributed by atoms with Crippen molar-refractivity contribution in [3.8, 4) is 17.2 Å². The zero-order valence-electron chi connectivity index (χ0n) is 17.1. The molecular weight excluding hydrogens is 360 g/mol. The summed E-state index contributed by atoms with van der Waals surface area (Å²) in [5.41, 5.74) is 7.81. The molecule has 0 saturated carbocycles. The molecule has 0 aliphatic carbocycles. The zero-order chi connectivity index (χ0) is 20.7. The first kappa shape index (κ1) is 21.3. The average Bonchev–Trinajstić information content (AvgIpc) is 2.69. The summed E-state index contributed by atoms with van der Waals surface area (Å²) in [4.78, 5) is 22.5. The number of hydrogen-bond acceptors (Lipinski definition) is 7. The van der Waals surface area contributed by atoms with Gasteiger partial charge in [0.2, 0.25) is 17.6 Å². The van der Waals surface area contributed by atoms with Crippen LogP contribution in [-0.2, 0) is 11.2 Å². The number of nitrogens with zero attached hydrogens (tertiary/aromatic N) is 3. The molecule has 0 bridgehead atoms. The maximum absolute atomic E-state index is 12.2. The van der Waals surface area contributed by atoms with Crippen molar-refractivity contribution in [3.05, 3.63) is 29.5 Å². The fourth-order valence-corrected chi connectivity index (χ4v) is 2.91. The van der Waals surface area contributed by atoms with E-state index in [9.17, 15) is 4.79 Å². The lowest BCUT2D eigenvalue weighted by Gasteiger charge is -2.19. The molecular formula is C20H28N4O4. The summed E-state index contributed by atoms with van der Waals surface area (Å²) in [5.74, 6) is 2.31. The molecule has 1 aromatic carbocycles. The summed E-state index contributed by atoms with van der Waals surface area (Å²) >= 11 is 0. The number of nitrogens with two attached hydrogens (primary N) is 1. The van der Waals surface area contributed by atoms with Crippen molar-refractivity contribution in [2.45, 2.75) is 33.1 Å². The number of rotatable bonds is 9. The third-order valence-electron chi connectivity index (χ3n) is 4.33. The van der Waals surface area contributed by atoms with E-state index in [-0.39, 0.29) is 5.91 Å². The summed E-state index contributed by atoms with van der Waals surface area (Å²) in [6.07, 6.45) is 3.36.